The largest absolute Gasteiger partial charge is 0.490 e. The molecule has 0 aliphatic heterocycles. The predicted octanol–water partition coefficient (Wildman–Crippen LogP) is 1.54. The molecule has 8 heteroatoms. The van der Waals surface area contributed by atoms with Gasteiger partial charge in [-0.2, -0.15) is 13.2 Å². The van der Waals surface area contributed by atoms with E-state index in [-0.39, 0.29) is 6.42 Å². The number of nitro groups is 1. The number of alkyl halides is 3. The molecule has 0 saturated carbocycles. The highest BCUT2D eigenvalue weighted by Crippen LogP contribution is 2.19. The van der Waals surface area contributed by atoms with Crippen molar-refractivity contribution in [3.63, 3.8) is 0 Å². The number of halogens is 3. The van der Waals surface area contributed by atoms with Crippen LogP contribution in [0.15, 0.2) is 0 Å². The van der Waals surface area contributed by atoms with Gasteiger partial charge >= 0.3 is 12.1 Å². The molecule has 0 aliphatic rings. The van der Waals surface area contributed by atoms with E-state index in [2.05, 4.69) is 4.74 Å². The molecule has 0 aromatic carbocycles. The number of esters is 1. The van der Waals surface area contributed by atoms with Gasteiger partial charge in [0.2, 0.25) is 6.04 Å². The fourth-order valence-corrected chi connectivity index (χ4v) is 0.967. The molecule has 88 valence electrons. The lowest BCUT2D eigenvalue weighted by Gasteiger charge is -2.16. The summed E-state index contributed by atoms with van der Waals surface area (Å²) in [5, 5.41) is 10.3. The Balaban J connectivity index is 4.42. The van der Waals surface area contributed by atoms with Gasteiger partial charge in [0.1, 0.15) is 0 Å². The lowest BCUT2D eigenvalue weighted by Crippen LogP contribution is -2.38. The quantitative estimate of drug-likeness (QED) is 0.416. The zero-order valence-electron chi connectivity index (χ0n) is 8.08. The van der Waals surface area contributed by atoms with Gasteiger partial charge < -0.3 is 4.74 Å². The average Bonchev–Trinajstić information content (AvgIpc) is 2.02. The molecule has 0 aromatic rings. The summed E-state index contributed by atoms with van der Waals surface area (Å²) in [7, 11) is 0. The number of hydrogen-bond acceptors (Lipinski definition) is 4. The van der Waals surface area contributed by atoms with Crippen molar-refractivity contribution in [2.45, 2.75) is 38.6 Å². The summed E-state index contributed by atoms with van der Waals surface area (Å²) < 4.78 is 39.1. The van der Waals surface area contributed by atoms with Crippen molar-refractivity contribution < 1.29 is 27.6 Å². The third-order valence-electron chi connectivity index (χ3n) is 1.76. The van der Waals surface area contributed by atoms with Crippen molar-refractivity contribution in [1.29, 1.82) is 0 Å². The third-order valence-corrected chi connectivity index (χ3v) is 1.76. The van der Waals surface area contributed by atoms with Gasteiger partial charge in [0.15, 0.2) is 6.10 Å². The van der Waals surface area contributed by atoms with Gasteiger partial charge in [-0.25, -0.2) is 4.79 Å². The molecule has 0 aliphatic carbocycles. The standard InChI is InChI=1S/C7H10F3NO4/c1-3-5(11(13)14)4(2)15-6(12)7(8,9)10/h4-5H,3H2,1-2H3/t4-,5-/m0/s1. The van der Waals surface area contributed by atoms with Crippen LogP contribution in [-0.2, 0) is 9.53 Å². The van der Waals surface area contributed by atoms with E-state index in [0.29, 0.717) is 0 Å². The van der Waals surface area contributed by atoms with E-state index in [1.54, 1.807) is 0 Å². The lowest BCUT2D eigenvalue weighted by atomic mass is 10.1. The molecule has 0 radical (unpaired) electrons. The first-order valence-corrected chi connectivity index (χ1v) is 4.11. The second kappa shape index (κ2) is 4.94. The Labute approximate surface area is 83.4 Å². The van der Waals surface area contributed by atoms with Crippen LogP contribution in [0.3, 0.4) is 0 Å². The number of nitrogens with zero attached hydrogens (tertiary/aromatic N) is 1. The predicted molar refractivity (Wildman–Crippen MR) is 42.7 cm³/mol. The van der Waals surface area contributed by atoms with E-state index in [4.69, 9.17) is 0 Å². The fourth-order valence-electron chi connectivity index (χ4n) is 0.967. The molecule has 0 amide bonds. The highest BCUT2D eigenvalue weighted by Gasteiger charge is 2.43. The average molecular weight is 229 g/mol. The maximum absolute atomic E-state index is 11.7. The minimum Gasteiger partial charge on any atom is -0.449 e. The maximum Gasteiger partial charge on any atom is 0.490 e. The second-order valence-electron chi connectivity index (χ2n) is 2.87. The van der Waals surface area contributed by atoms with Crippen LogP contribution in [0.2, 0.25) is 0 Å². The van der Waals surface area contributed by atoms with Crippen LogP contribution in [0.5, 0.6) is 0 Å². The molecule has 5 nitrogen and oxygen atoms in total. The SMILES string of the molecule is CC[C@@H]([C@H](C)OC(=O)C(F)(F)F)[N+](=O)[O-]. The Morgan fingerprint density at radius 3 is 2.27 bits per heavy atom. The van der Waals surface area contributed by atoms with Crippen LogP contribution in [0, 0.1) is 10.1 Å². The summed E-state index contributed by atoms with van der Waals surface area (Å²) in [4.78, 5) is 19.9. The van der Waals surface area contributed by atoms with E-state index < -0.39 is 29.2 Å². The molecular weight excluding hydrogens is 219 g/mol. The Morgan fingerprint density at radius 2 is 2.00 bits per heavy atom. The summed E-state index contributed by atoms with van der Waals surface area (Å²) in [6.45, 7) is 2.48. The Hall–Kier alpha value is -1.34. The lowest BCUT2D eigenvalue weighted by molar-refractivity contribution is -0.533. The minimum absolute atomic E-state index is 0.0146. The maximum atomic E-state index is 11.7. The molecule has 15 heavy (non-hydrogen) atoms. The van der Waals surface area contributed by atoms with Crippen molar-refractivity contribution in [3.05, 3.63) is 10.1 Å². The number of ether oxygens (including phenoxy) is 1. The van der Waals surface area contributed by atoms with Crippen LogP contribution in [-0.4, -0.2) is 29.2 Å². The van der Waals surface area contributed by atoms with Crippen molar-refractivity contribution in [1.82, 2.24) is 0 Å². The zero-order valence-corrected chi connectivity index (χ0v) is 8.08. The highest BCUT2D eigenvalue weighted by atomic mass is 19.4. The first-order valence-electron chi connectivity index (χ1n) is 4.11. The van der Waals surface area contributed by atoms with Gasteiger partial charge in [-0.3, -0.25) is 10.1 Å². The molecule has 0 spiro atoms. The van der Waals surface area contributed by atoms with Crippen LogP contribution in [0.25, 0.3) is 0 Å². The van der Waals surface area contributed by atoms with Gasteiger partial charge in [0, 0.05) is 11.3 Å². The Morgan fingerprint density at radius 1 is 1.53 bits per heavy atom. The van der Waals surface area contributed by atoms with E-state index in [1.807, 2.05) is 0 Å². The van der Waals surface area contributed by atoms with Gasteiger partial charge in [0.05, 0.1) is 0 Å². The topological polar surface area (TPSA) is 69.4 Å². The molecule has 0 fully saturated rings. The number of carbonyl (C=O) groups excluding carboxylic acids is 1. The molecule has 0 N–H and O–H groups in total. The Kier molecular flexibility index (Phi) is 4.50. The van der Waals surface area contributed by atoms with E-state index in [9.17, 15) is 28.1 Å². The smallest absolute Gasteiger partial charge is 0.449 e. The van der Waals surface area contributed by atoms with Crippen molar-refractivity contribution in [3.8, 4) is 0 Å². The second-order valence-corrected chi connectivity index (χ2v) is 2.87. The van der Waals surface area contributed by atoms with Crippen molar-refractivity contribution in [2.75, 3.05) is 0 Å². The summed E-state index contributed by atoms with van der Waals surface area (Å²) in [5.74, 6) is -2.41. The van der Waals surface area contributed by atoms with Gasteiger partial charge in [0.25, 0.3) is 0 Å². The summed E-state index contributed by atoms with van der Waals surface area (Å²) in [6.07, 6.45) is -6.54. The third kappa shape index (κ3) is 4.13. The first-order chi connectivity index (χ1) is 6.70. The van der Waals surface area contributed by atoms with Gasteiger partial charge in [-0.15, -0.1) is 0 Å². The molecular formula is C7H10F3NO4. The van der Waals surface area contributed by atoms with Crippen LogP contribution >= 0.6 is 0 Å². The minimum atomic E-state index is -5.12. The summed E-state index contributed by atoms with van der Waals surface area (Å²) in [5.41, 5.74) is 0. The molecule has 0 unspecified atom stereocenters. The van der Waals surface area contributed by atoms with Crippen molar-refractivity contribution in [2.24, 2.45) is 0 Å². The van der Waals surface area contributed by atoms with Crippen LogP contribution in [0.1, 0.15) is 20.3 Å². The van der Waals surface area contributed by atoms with E-state index in [1.165, 1.54) is 6.92 Å². The molecule has 2 atom stereocenters. The number of hydrogen-bond donors (Lipinski definition) is 0. The zero-order chi connectivity index (χ0) is 12.2. The highest BCUT2D eigenvalue weighted by molar-refractivity contribution is 5.75. The summed E-state index contributed by atoms with van der Waals surface area (Å²) in [6, 6.07) is -1.32. The van der Waals surface area contributed by atoms with Crippen LogP contribution < -0.4 is 0 Å². The van der Waals surface area contributed by atoms with Crippen LogP contribution in [0.4, 0.5) is 13.2 Å². The van der Waals surface area contributed by atoms with E-state index in [0.717, 1.165) is 6.92 Å². The van der Waals surface area contributed by atoms with Gasteiger partial charge in [-0.05, 0) is 6.92 Å². The normalized spacial score (nSPS) is 15.5. The van der Waals surface area contributed by atoms with Crippen molar-refractivity contribution >= 4 is 5.97 Å². The molecule has 0 heterocycles. The van der Waals surface area contributed by atoms with E-state index >= 15 is 0 Å². The molecule has 0 rings (SSSR count). The monoisotopic (exact) mass is 229 g/mol. The number of carbonyl (C=O) groups is 1. The fraction of sp³-hybridized carbons (Fsp3) is 0.857. The molecule has 0 bridgehead atoms. The summed E-state index contributed by atoms with van der Waals surface area (Å²) >= 11 is 0. The molecule has 0 saturated heterocycles. The Bertz CT molecular complexity index is 253. The molecule has 0 aromatic heterocycles. The number of rotatable bonds is 4. The first kappa shape index (κ1) is 13.7. The van der Waals surface area contributed by atoms with Gasteiger partial charge in [-0.1, -0.05) is 6.92 Å².